The maximum atomic E-state index is 2.39. The summed E-state index contributed by atoms with van der Waals surface area (Å²) in [6.45, 7) is 4.68. The second-order valence-corrected chi connectivity index (χ2v) is 8.30. The minimum absolute atomic E-state index is 0.0305. The minimum Gasteiger partial charge on any atom is -0.310 e. The van der Waals surface area contributed by atoms with E-state index < -0.39 is 0 Å². The van der Waals surface area contributed by atoms with Crippen LogP contribution in [0.2, 0.25) is 0 Å². The maximum absolute atomic E-state index is 2.39. The van der Waals surface area contributed by atoms with Gasteiger partial charge in [0, 0.05) is 22.4 Å². The predicted molar refractivity (Wildman–Crippen MR) is 117 cm³/mol. The van der Waals surface area contributed by atoms with Gasteiger partial charge >= 0.3 is 0 Å². The van der Waals surface area contributed by atoms with Crippen LogP contribution in [0.25, 0.3) is 16.7 Å². The largest absolute Gasteiger partial charge is 0.310 e. The topological polar surface area (TPSA) is 3.24 Å². The molecule has 0 aromatic heterocycles. The first-order chi connectivity index (χ1) is 13.6. The van der Waals surface area contributed by atoms with Gasteiger partial charge < -0.3 is 4.90 Å². The van der Waals surface area contributed by atoms with Gasteiger partial charge in [0.15, 0.2) is 0 Å². The van der Waals surface area contributed by atoms with Gasteiger partial charge in [-0.3, -0.25) is 0 Å². The molecule has 3 aromatic rings. The summed E-state index contributed by atoms with van der Waals surface area (Å²) in [4.78, 5) is 2.39. The highest BCUT2D eigenvalue weighted by Gasteiger charge is 2.37. The molecule has 6 rings (SSSR count). The Labute approximate surface area is 166 Å². The van der Waals surface area contributed by atoms with Gasteiger partial charge in [-0.25, -0.2) is 0 Å². The van der Waals surface area contributed by atoms with E-state index in [0.717, 1.165) is 0 Å². The number of rotatable bonds is 2. The van der Waals surface area contributed by atoms with Crippen molar-refractivity contribution in [3.63, 3.8) is 0 Å². The lowest BCUT2D eigenvalue weighted by Crippen LogP contribution is -2.32. The van der Waals surface area contributed by atoms with Crippen LogP contribution in [0.3, 0.4) is 0 Å². The van der Waals surface area contributed by atoms with Gasteiger partial charge in [-0.15, -0.1) is 0 Å². The smallest absolute Gasteiger partial charge is 0.0560 e. The highest BCUT2D eigenvalue weighted by molar-refractivity contribution is 5.94. The van der Waals surface area contributed by atoms with Crippen molar-refractivity contribution in [1.29, 1.82) is 0 Å². The van der Waals surface area contributed by atoms with Crippen LogP contribution in [-0.2, 0) is 5.41 Å². The van der Waals surface area contributed by atoms with E-state index >= 15 is 0 Å². The highest BCUT2D eigenvalue weighted by atomic mass is 15.2. The van der Waals surface area contributed by atoms with E-state index in [1.165, 1.54) is 50.5 Å². The quantitative estimate of drug-likeness (QED) is 0.493. The van der Waals surface area contributed by atoms with Crippen LogP contribution in [0.5, 0.6) is 0 Å². The summed E-state index contributed by atoms with van der Waals surface area (Å²) >= 11 is 0. The molecule has 28 heavy (non-hydrogen) atoms. The third-order valence-electron chi connectivity index (χ3n) is 6.39. The van der Waals surface area contributed by atoms with Crippen molar-refractivity contribution in [2.45, 2.75) is 19.3 Å². The Kier molecular flexibility index (Phi) is 3.01. The number of hydrogen-bond acceptors (Lipinski definition) is 1. The zero-order valence-corrected chi connectivity index (χ0v) is 16.1. The summed E-state index contributed by atoms with van der Waals surface area (Å²) in [5.41, 5.74) is 12.0. The lowest BCUT2D eigenvalue weighted by Gasteiger charge is -2.40. The summed E-state index contributed by atoms with van der Waals surface area (Å²) in [5.74, 6) is 0. The number of anilines is 1. The van der Waals surface area contributed by atoms with Crippen molar-refractivity contribution in [2.24, 2.45) is 0 Å². The van der Waals surface area contributed by atoms with Crippen molar-refractivity contribution < 1.29 is 0 Å². The normalized spacial score (nSPS) is 17.8. The highest BCUT2D eigenvalue weighted by Crippen LogP contribution is 2.51. The first kappa shape index (κ1) is 15.7. The van der Waals surface area contributed by atoms with E-state index in [-0.39, 0.29) is 5.41 Å². The molecule has 3 aromatic carbocycles. The van der Waals surface area contributed by atoms with Gasteiger partial charge in [0.1, 0.15) is 0 Å². The van der Waals surface area contributed by atoms with Gasteiger partial charge in [0.25, 0.3) is 0 Å². The van der Waals surface area contributed by atoms with Crippen molar-refractivity contribution in [1.82, 2.24) is 0 Å². The second-order valence-electron chi connectivity index (χ2n) is 8.30. The molecule has 1 nitrogen and oxygen atoms in total. The van der Waals surface area contributed by atoms with Gasteiger partial charge in [-0.2, -0.15) is 0 Å². The fraction of sp³-hybridized carbons (Fsp3) is 0.111. The SMILES string of the molecule is CC1(C)c2ccccc2-c2ccc(N3c4ccc(-c5ccccc5)c3c4)cc21. The number of hydrogen-bond donors (Lipinski definition) is 0. The molecule has 134 valence electrons. The molecule has 1 aliphatic carbocycles. The molecule has 0 unspecified atom stereocenters. The van der Waals surface area contributed by atoms with E-state index in [1.807, 2.05) is 0 Å². The van der Waals surface area contributed by atoms with E-state index in [1.54, 1.807) is 0 Å². The average Bonchev–Trinajstić information content (AvgIpc) is 2.96. The van der Waals surface area contributed by atoms with E-state index in [0.29, 0.717) is 0 Å². The summed E-state index contributed by atoms with van der Waals surface area (Å²) in [5, 5.41) is 0. The Bertz CT molecular complexity index is 1220. The number of benzene rings is 3. The van der Waals surface area contributed by atoms with Crippen molar-refractivity contribution in [2.75, 3.05) is 4.90 Å². The number of nitrogens with zero attached hydrogens (tertiary/aromatic N) is 1. The Morgan fingerprint density at radius 1 is 0.714 bits per heavy atom. The molecule has 0 saturated carbocycles. The van der Waals surface area contributed by atoms with E-state index in [4.69, 9.17) is 0 Å². The third kappa shape index (κ3) is 1.96. The van der Waals surface area contributed by atoms with Crippen LogP contribution in [0.15, 0.2) is 102 Å². The minimum atomic E-state index is 0.0305. The fourth-order valence-corrected chi connectivity index (χ4v) is 4.90. The van der Waals surface area contributed by atoms with Crippen LogP contribution >= 0.6 is 0 Å². The molecule has 2 aliphatic heterocycles. The lowest BCUT2D eigenvalue weighted by molar-refractivity contribution is 0.660. The molecule has 0 saturated heterocycles. The molecular weight excluding hydrogens is 338 g/mol. The average molecular weight is 359 g/mol. The standard InChI is InChI=1S/C27H21N/c1-27(2)24-11-7-6-10-22(24)23-15-13-19(16-25(23)27)28-20-12-14-21(26(28)17-20)18-8-4-3-5-9-18/h3-17H,1-2H3. The molecule has 0 fully saturated rings. The first-order valence-electron chi connectivity index (χ1n) is 9.88. The van der Waals surface area contributed by atoms with Gasteiger partial charge in [0.05, 0.1) is 5.70 Å². The van der Waals surface area contributed by atoms with Gasteiger partial charge in [-0.05, 0) is 52.1 Å². The van der Waals surface area contributed by atoms with Crippen molar-refractivity contribution in [3.05, 3.63) is 119 Å². The number of allylic oxidation sites excluding steroid dienone is 4. The van der Waals surface area contributed by atoms with Crippen molar-refractivity contribution in [3.8, 4) is 11.1 Å². The van der Waals surface area contributed by atoms with E-state index in [9.17, 15) is 0 Å². The van der Waals surface area contributed by atoms with Gasteiger partial charge in [0.2, 0.25) is 0 Å². The van der Waals surface area contributed by atoms with Crippen molar-refractivity contribution >= 4 is 11.3 Å². The van der Waals surface area contributed by atoms with E-state index in [2.05, 4.69) is 110 Å². The second kappa shape index (κ2) is 5.36. The molecule has 0 spiro atoms. The molecule has 0 N–H and O–H groups in total. The molecule has 2 bridgehead atoms. The predicted octanol–water partition coefficient (Wildman–Crippen LogP) is 6.68. The molecule has 0 atom stereocenters. The lowest BCUT2D eigenvalue weighted by atomic mass is 9.82. The van der Waals surface area contributed by atoms with Crippen LogP contribution in [0.1, 0.15) is 30.5 Å². The monoisotopic (exact) mass is 359 g/mol. The molecular formula is C27H21N. The van der Waals surface area contributed by atoms with Crippen LogP contribution in [-0.4, -0.2) is 0 Å². The Morgan fingerprint density at radius 3 is 2.29 bits per heavy atom. The Morgan fingerprint density at radius 2 is 1.46 bits per heavy atom. The summed E-state index contributed by atoms with van der Waals surface area (Å²) in [7, 11) is 0. The fourth-order valence-electron chi connectivity index (χ4n) is 4.90. The van der Waals surface area contributed by atoms with Crippen LogP contribution < -0.4 is 4.90 Å². The molecule has 2 heterocycles. The Balaban J connectivity index is 1.43. The van der Waals surface area contributed by atoms with Gasteiger partial charge in [-0.1, -0.05) is 80.6 Å². The van der Waals surface area contributed by atoms with Crippen LogP contribution in [0, 0.1) is 0 Å². The van der Waals surface area contributed by atoms with Crippen LogP contribution in [0.4, 0.5) is 5.69 Å². The molecule has 1 heteroatoms. The molecule has 0 amide bonds. The molecule has 3 aliphatic rings. The number of fused-ring (bicyclic) bond motifs is 5. The summed E-state index contributed by atoms with van der Waals surface area (Å²) < 4.78 is 0. The maximum Gasteiger partial charge on any atom is 0.0560 e. The Hall–Kier alpha value is -3.32. The molecule has 0 radical (unpaired) electrons. The summed E-state index contributed by atoms with van der Waals surface area (Å²) in [6, 6.07) is 26.4. The first-order valence-corrected chi connectivity index (χ1v) is 9.88. The summed E-state index contributed by atoms with van der Waals surface area (Å²) in [6.07, 6.45) is 6.75. The zero-order chi connectivity index (χ0) is 18.9. The zero-order valence-electron chi connectivity index (χ0n) is 16.1. The third-order valence-corrected chi connectivity index (χ3v) is 6.39.